The fourth-order valence-corrected chi connectivity index (χ4v) is 5.85. The van der Waals surface area contributed by atoms with Gasteiger partial charge in [-0.1, -0.05) is 23.7 Å². The molecule has 11 nitrogen and oxygen atoms in total. The molecule has 44 heavy (non-hydrogen) atoms. The van der Waals surface area contributed by atoms with Crippen LogP contribution in [0.3, 0.4) is 0 Å². The minimum atomic E-state index is -0.324. The quantitative estimate of drug-likeness (QED) is 0.209. The first-order valence-electron chi connectivity index (χ1n) is 14.6. The van der Waals surface area contributed by atoms with E-state index in [9.17, 15) is 4.79 Å². The van der Waals surface area contributed by atoms with Crippen LogP contribution in [0.2, 0.25) is 5.02 Å². The number of halogens is 1. The lowest BCUT2D eigenvalue weighted by Gasteiger charge is -2.33. The van der Waals surface area contributed by atoms with Gasteiger partial charge in [0.2, 0.25) is 0 Å². The van der Waals surface area contributed by atoms with Gasteiger partial charge in [-0.15, -0.1) is 0 Å². The topological polar surface area (TPSA) is 130 Å². The molecule has 0 atom stereocenters. The number of amides is 1. The van der Waals surface area contributed by atoms with Crippen LogP contribution in [0.5, 0.6) is 11.5 Å². The van der Waals surface area contributed by atoms with Gasteiger partial charge in [-0.3, -0.25) is 14.7 Å². The van der Waals surface area contributed by atoms with E-state index < -0.39 is 0 Å². The number of hydrogen-bond donors (Lipinski definition) is 3. The van der Waals surface area contributed by atoms with Gasteiger partial charge in [-0.05, 0) is 54.3 Å². The number of pyridine rings is 1. The molecule has 2 aliphatic heterocycles. The van der Waals surface area contributed by atoms with Crippen molar-refractivity contribution < 1.29 is 14.3 Å². The summed E-state index contributed by atoms with van der Waals surface area (Å²) in [6.07, 6.45) is 9.17. The third kappa shape index (κ3) is 6.29. The van der Waals surface area contributed by atoms with Gasteiger partial charge in [0, 0.05) is 50.1 Å². The number of carbonyl (C=O) groups is 1. The van der Waals surface area contributed by atoms with E-state index in [0.717, 1.165) is 68.0 Å². The maximum absolute atomic E-state index is 12.2. The SMILES string of the molecule is O=C(COc1ccc(-c2nc3ncc(Cl)c(NC4CCN(Cc5ccc6c(c5)CCO6)CC4)c3[nH]2)cc1)Nc1cnccn1. The molecule has 3 N–H and O–H groups in total. The number of nitrogens with one attached hydrogen (secondary N) is 3. The van der Waals surface area contributed by atoms with Gasteiger partial charge in [0.05, 0.1) is 29.7 Å². The van der Waals surface area contributed by atoms with Crippen molar-refractivity contribution in [1.82, 2.24) is 29.8 Å². The number of ether oxygens (including phenoxy) is 2. The fourth-order valence-electron chi connectivity index (χ4n) is 5.65. The van der Waals surface area contributed by atoms with Crippen molar-refractivity contribution >= 4 is 40.2 Å². The molecule has 3 aromatic heterocycles. The number of likely N-dealkylation sites (tertiary alicyclic amines) is 1. The zero-order chi connectivity index (χ0) is 29.9. The number of anilines is 2. The van der Waals surface area contributed by atoms with Gasteiger partial charge < -0.3 is 25.1 Å². The maximum Gasteiger partial charge on any atom is 0.263 e. The Labute approximate surface area is 259 Å². The Bertz CT molecular complexity index is 1770. The summed E-state index contributed by atoms with van der Waals surface area (Å²) in [4.78, 5) is 35.2. The molecule has 0 aliphatic carbocycles. The van der Waals surface area contributed by atoms with Crippen molar-refractivity contribution in [3.8, 4) is 22.9 Å². The summed E-state index contributed by atoms with van der Waals surface area (Å²) in [6, 6.07) is 14.2. The molecule has 0 bridgehead atoms. The smallest absolute Gasteiger partial charge is 0.263 e. The number of piperidine rings is 1. The Kier molecular flexibility index (Phi) is 7.95. The van der Waals surface area contributed by atoms with E-state index in [4.69, 9.17) is 26.1 Å². The summed E-state index contributed by atoms with van der Waals surface area (Å²) in [5.41, 5.74) is 5.70. The van der Waals surface area contributed by atoms with Crippen molar-refractivity contribution in [2.24, 2.45) is 0 Å². The Morgan fingerprint density at radius 1 is 1.09 bits per heavy atom. The standard InChI is InChI=1S/C32H31ClN8O3/c33-25-16-36-32-30(29(25)37-23-7-12-41(13-8-23)18-20-1-6-26-22(15-20)9-14-43-26)39-31(40-32)21-2-4-24(5-3-21)44-19-28(42)38-27-17-34-10-11-35-27/h1-6,10-11,15-17,23H,7-9,12-14,18-19H2,(H,35,38,42)(H2,36,37,39,40). The first kappa shape index (κ1) is 28.1. The average molecular weight is 611 g/mol. The van der Waals surface area contributed by atoms with E-state index in [1.54, 1.807) is 18.3 Å². The number of hydrogen-bond acceptors (Lipinski definition) is 9. The second-order valence-electron chi connectivity index (χ2n) is 11.0. The summed E-state index contributed by atoms with van der Waals surface area (Å²) in [5.74, 6) is 2.30. The lowest BCUT2D eigenvalue weighted by molar-refractivity contribution is -0.118. The average Bonchev–Trinajstić information content (AvgIpc) is 3.70. The molecule has 224 valence electrons. The highest BCUT2D eigenvalue weighted by atomic mass is 35.5. The third-order valence-corrected chi connectivity index (χ3v) is 8.18. The molecule has 5 aromatic rings. The molecule has 1 fully saturated rings. The molecular weight excluding hydrogens is 580 g/mol. The van der Waals surface area contributed by atoms with E-state index in [2.05, 4.69) is 53.7 Å². The number of aromatic amines is 1. The Balaban J connectivity index is 0.967. The van der Waals surface area contributed by atoms with E-state index >= 15 is 0 Å². The molecule has 0 radical (unpaired) electrons. The molecular formula is C32H31ClN8O3. The molecule has 1 amide bonds. The number of carbonyl (C=O) groups excluding carboxylic acids is 1. The molecule has 7 rings (SSSR count). The lowest BCUT2D eigenvalue weighted by atomic mass is 10.0. The summed E-state index contributed by atoms with van der Waals surface area (Å²) in [6.45, 7) is 3.59. The monoisotopic (exact) mass is 610 g/mol. The van der Waals surface area contributed by atoms with Crippen LogP contribution >= 0.6 is 11.6 Å². The van der Waals surface area contributed by atoms with Crippen LogP contribution in [-0.4, -0.2) is 68.1 Å². The van der Waals surface area contributed by atoms with E-state index in [-0.39, 0.29) is 18.6 Å². The number of nitrogens with zero attached hydrogens (tertiary/aromatic N) is 5. The number of aromatic nitrogens is 5. The number of imidazole rings is 1. The van der Waals surface area contributed by atoms with Crippen LogP contribution in [-0.2, 0) is 17.8 Å². The second kappa shape index (κ2) is 12.5. The summed E-state index contributed by atoms with van der Waals surface area (Å²) in [7, 11) is 0. The molecule has 0 unspecified atom stereocenters. The zero-order valence-electron chi connectivity index (χ0n) is 23.9. The molecule has 0 spiro atoms. The molecule has 5 heterocycles. The summed E-state index contributed by atoms with van der Waals surface area (Å²) >= 11 is 6.64. The summed E-state index contributed by atoms with van der Waals surface area (Å²) < 4.78 is 11.3. The van der Waals surface area contributed by atoms with Gasteiger partial charge in [0.1, 0.15) is 22.8 Å². The predicted molar refractivity (Wildman–Crippen MR) is 168 cm³/mol. The van der Waals surface area contributed by atoms with Crippen LogP contribution in [0.4, 0.5) is 11.5 Å². The van der Waals surface area contributed by atoms with Gasteiger partial charge >= 0.3 is 0 Å². The third-order valence-electron chi connectivity index (χ3n) is 7.90. The van der Waals surface area contributed by atoms with Crippen LogP contribution in [0.25, 0.3) is 22.6 Å². The number of fused-ring (bicyclic) bond motifs is 2. The van der Waals surface area contributed by atoms with Crippen molar-refractivity contribution in [3.63, 3.8) is 0 Å². The Morgan fingerprint density at radius 3 is 2.77 bits per heavy atom. The lowest BCUT2D eigenvalue weighted by Crippen LogP contribution is -2.38. The number of H-pyrrole nitrogens is 1. The molecule has 0 saturated carbocycles. The Morgan fingerprint density at radius 2 is 1.95 bits per heavy atom. The predicted octanol–water partition coefficient (Wildman–Crippen LogP) is 5.10. The van der Waals surface area contributed by atoms with Gasteiger partial charge in [-0.2, -0.15) is 0 Å². The largest absolute Gasteiger partial charge is 0.493 e. The molecule has 2 aromatic carbocycles. The molecule has 1 saturated heterocycles. The van der Waals surface area contributed by atoms with Crippen molar-refractivity contribution in [1.29, 1.82) is 0 Å². The van der Waals surface area contributed by atoms with E-state index in [0.29, 0.717) is 28.1 Å². The van der Waals surface area contributed by atoms with Crippen molar-refractivity contribution in [3.05, 3.63) is 83.4 Å². The van der Waals surface area contributed by atoms with Gasteiger partial charge in [-0.25, -0.2) is 15.0 Å². The second-order valence-corrected chi connectivity index (χ2v) is 11.4. The maximum atomic E-state index is 12.2. The van der Waals surface area contributed by atoms with Crippen LogP contribution in [0.1, 0.15) is 24.0 Å². The minimum absolute atomic E-state index is 0.152. The highest BCUT2D eigenvalue weighted by Gasteiger charge is 2.23. The van der Waals surface area contributed by atoms with Crippen LogP contribution < -0.4 is 20.1 Å². The van der Waals surface area contributed by atoms with Gasteiger partial charge in [0.25, 0.3) is 5.91 Å². The Hall–Kier alpha value is -4.74. The van der Waals surface area contributed by atoms with Gasteiger partial charge in [0.15, 0.2) is 18.1 Å². The van der Waals surface area contributed by atoms with Crippen molar-refractivity contribution in [2.75, 3.05) is 36.9 Å². The molecule has 2 aliphatic rings. The van der Waals surface area contributed by atoms with Crippen LogP contribution in [0, 0.1) is 0 Å². The highest BCUT2D eigenvalue weighted by molar-refractivity contribution is 6.34. The zero-order valence-corrected chi connectivity index (χ0v) is 24.7. The minimum Gasteiger partial charge on any atom is -0.493 e. The first-order valence-corrected chi connectivity index (χ1v) is 15.0. The van der Waals surface area contributed by atoms with Crippen LogP contribution in [0.15, 0.2) is 67.3 Å². The molecule has 12 heteroatoms. The number of benzene rings is 2. The first-order chi connectivity index (χ1) is 21.6. The van der Waals surface area contributed by atoms with Crippen molar-refractivity contribution in [2.45, 2.75) is 31.8 Å². The van der Waals surface area contributed by atoms with E-state index in [1.807, 2.05) is 12.1 Å². The number of rotatable bonds is 9. The summed E-state index contributed by atoms with van der Waals surface area (Å²) in [5, 5.41) is 6.87. The normalized spacial score (nSPS) is 15.1. The van der Waals surface area contributed by atoms with E-state index in [1.165, 1.54) is 29.7 Å². The highest BCUT2D eigenvalue weighted by Crippen LogP contribution is 2.33. The fraction of sp³-hybridized carbons (Fsp3) is 0.281.